The molecular weight excluding hydrogens is 646 g/mol. The van der Waals surface area contributed by atoms with Gasteiger partial charge in [0.05, 0.1) is 44.6 Å². The molecule has 0 bridgehead atoms. The second kappa shape index (κ2) is 11.0. The van der Waals surface area contributed by atoms with Gasteiger partial charge in [0, 0.05) is 27.1 Å². The van der Waals surface area contributed by atoms with E-state index < -0.39 is 23.5 Å². The average Bonchev–Trinajstić information content (AvgIpc) is 3.60. The Labute approximate surface area is 283 Å². The van der Waals surface area contributed by atoms with E-state index in [1.165, 1.54) is 18.2 Å². The largest absolute Gasteiger partial charge is 0.417 e. The molecule has 0 saturated heterocycles. The number of hydrogen-bond acceptors (Lipinski definition) is 0. The predicted molar refractivity (Wildman–Crippen MR) is 190 cm³/mol. The molecule has 0 aliphatic rings. The van der Waals surface area contributed by atoms with E-state index in [1.54, 1.807) is 9.13 Å². The highest BCUT2D eigenvalue weighted by atomic mass is 19.4. The monoisotopic (exact) mass is 676 g/mol. The molecule has 0 unspecified atom stereocenters. The number of halogens is 6. The van der Waals surface area contributed by atoms with Crippen molar-refractivity contribution in [2.45, 2.75) is 40.0 Å². The molecule has 2 aromatic heterocycles. The van der Waals surface area contributed by atoms with Crippen molar-refractivity contribution < 1.29 is 26.3 Å². The fourth-order valence-corrected chi connectivity index (χ4v) is 7.75. The van der Waals surface area contributed by atoms with Crippen molar-refractivity contribution in [3.05, 3.63) is 143 Å². The molecule has 0 aliphatic carbocycles. The van der Waals surface area contributed by atoms with Crippen molar-refractivity contribution in [3.8, 4) is 22.5 Å². The third kappa shape index (κ3) is 4.65. The molecule has 0 amide bonds. The second-order valence-electron chi connectivity index (χ2n) is 13.0. The van der Waals surface area contributed by atoms with E-state index in [-0.39, 0.29) is 22.5 Å². The number of aryl methyl sites for hydroxylation is 4. The van der Waals surface area contributed by atoms with Gasteiger partial charge in [-0.2, -0.15) is 26.3 Å². The average molecular weight is 677 g/mol. The van der Waals surface area contributed by atoms with Crippen LogP contribution in [0.3, 0.4) is 0 Å². The molecule has 8 heteroatoms. The summed E-state index contributed by atoms with van der Waals surface area (Å²) in [5.41, 5.74) is 3.54. The van der Waals surface area contributed by atoms with Gasteiger partial charge in [0.1, 0.15) is 0 Å². The van der Waals surface area contributed by atoms with Crippen LogP contribution in [0, 0.1) is 27.7 Å². The summed E-state index contributed by atoms with van der Waals surface area (Å²) in [6.45, 7) is 7.46. The number of alkyl halides is 6. The van der Waals surface area contributed by atoms with Crippen molar-refractivity contribution in [2.24, 2.45) is 0 Å². The summed E-state index contributed by atoms with van der Waals surface area (Å²) in [6, 6.07) is 29.8. The van der Waals surface area contributed by atoms with Gasteiger partial charge < -0.3 is 9.13 Å². The van der Waals surface area contributed by atoms with E-state index in [9.17, 15) is 0 Å². The number of fused-ring (bicyclic) bond motifs is 6. The van der Waals surface area contributed by atoms with Crippen LogP contribution in [-0.4, -0.2) is 9.13 Å². The van der Waals surface area contributed by atoms with Crippen LogP contribution in [0.2, 0.25) is 0 Å². The lowest BCUT2D eigenvalue weighted by molar-refractivity contribution is -0.138. The predicted octanol–water partition coefficient (Wildman–Crippen LogP) is 12.8. The molecule has 0 spiro atoms. The third-order valence-electron chi connectivity index (χ3n) is 9.83. The highest BCUT2D eigenvalue weighted by Crippen LogP contribution is 2.49. The van der Waals surface area contributed by atoms with Crippen molar-refractivity contribution in [2.75, 3.05) is 0 Å². The Morgan fingerprint density at radius 2 is 0.780 bits per heavy atom. The lowest BCUT2D eigenvalue weighted by atomic mass is 9.93. The Morgan fingerprint density at radius 3 is 1.12 bits per heavy atom. The van der Waals surface area contributed by atoms with Crippen LogP contribution in [0.4, 0.5) is 26.3 Å². The maximum atomic E-state index is 15.2. The van der Waals surface area contributed by atoms with Gasteiger partial charge in [-0.05, 0) is 73.7 Å². The number of para-hydroxylation sites is 4. The summed E-state index contributed by atoms with van der Waals surface area (Å²) in [4.78, 5) is 0. The Balaban J connectivity index is 1.71. The van der Waals surface area contributed by atoms with Gasteiger partial charge in [-0.15, -0.1) is 0 Å². The maximum absolute atomic E-state index is 15.2. The van der Waals surface area contributed by atoms with Gasteiger partial charge in [-0.1, -0.05) is 91.0 Å². The van der Waals surface area contributed by atoms with E-state index in [0.717, 1.165) is 62.0 Å². The third-order valence-corrected chi connectivity index (χ3v) is 9.83. The van der Waals surface area contributed by atoms with Crippen molar-refractivity contribution >= 4 is 43.6 Å². The molecule has 0 radical (unpaired) electrons. The zero-order valence-corrected chi connectivity index (χ0v) is 27.6. The summed E-state index contributed by atoms with van der Waals surface area (Å²) < 4.78 is 94.2. The Bertz CT molecular complexity index is 2400. The van der Waals surface area contributed by atoms with Gasteiger partial charge >= 0.3 is 12.4 Å². The number of rotatable bonds is 3. The number of benzene rings is 6. The van der Waals surface area contributed by atoms with E-state index >= 15 is 26.3 Å². The summed E-state index contributed by atoms with van der Waals surface area (Å²) in [5.74, 6) is 0. The quantitative estimate of drug-likeness (QED) is 0.165. The van der Waals surface area contributed by atoms with Crippen LogP contribution >= 0.6 is 0 Å². The van der Waals surface area contributed by atoms with Crippen LogP contribution < -0.4 is 0 Å². The first kappa shape index (κ1) is 31.7. The number of nitrogens with zero attached hydrogens (tertiary/aromatic N) is 2. The summed E-state index contributed by atoms with van der Waals surface area (Å²) in [7, 11) is 0. The van der Waals surface area contributed by atoms with Crippen molar-refractivity contribution in [1.82, 2.24) is 9.13 Å². The molecule has 2 nitrogen and oxygen atoms in total. The molecule has 0 aliphatic heterocycles. The highest BCUT2D eigenvalue weighted by molar-refractivity contribution is 6.14. The lowest BCUT2D eigenvalue weighted by Crippen LogP contribution is -2.14. The molecular formula is C42H30F6N2. The molecule has 8 rings (SSSR count). The van der Waals surface area contributed by atoms with Crippen molar-refractivity contribution in [3.63, 3.8) is 0 Å². The SMILES string of the molecule is Cc1cccc2c3cccc(C)c3n(-c3cc(C(F)(F)F)cc(-n4c5c(C)cccc5c5cccc(C)c54)c3-c3ccccc3C(F)(F)F)c12. The lowest BCUT2D eigenvalue weighted by Gasteiger charge is -2.25. The molecule has 6 aromatic carbocycles. The van der Waals surface area contributed by atoms with Crippen LogP contribution in [0.15, 0.2) is 109 Å². The van der Waals surface area contributed by atoms with Gasteiger partial charge in [-0.3, -0.25) is 0 Å². The molecule has 8 aromatic rings. The zero-order chi connectivity index (χ0) is 35.3. The zero-order valence-electron chi connectivity index (χ0n) is 27.6. The Hall–Kier alpha value is -5.50. The summed E-state index contributed by atoms with van der Waals surface area (Å²) in [5, 5.41) is 3.17. The maximum Gasteiger partial charge on any atom is 0.417 e. The van der Waals surface area contributed by atoms with Gasteiger partial charge in [0.2, 0.25) is 0 Å². The van der Waals surface area contributed by atoms with Crippen LogP contribution in [0.1, 0.15) is 33.4 Å². The van der Waals surface area contributed by atoms with E-state index in [1.807, 2.05) is 100 Å². The first-order chi connectivity index (χ1) is 23.8. The minimum absolute atomic E-state index is 0.00675. The first-order valence-corrected chi connectivity index (χ1v) is 16.2. The Kier molecular flexibility index (Phi) is 6.99. The minimum atomic E-state index is -4.82. The molecule has 50 heavy (non-hydrogen) atoms. The molecule has 2 heterocycles. The summed E-state index contributed by atoms with van der Waals surface area (Å²) >= 11 is 0. The molecule has 250 valence electrons. The topological polar surface area (TPSA) is 9.86 Å². The fourth-order valence-electron chi connectivity index (χ4n) is 7.75. The van der Waals surface area contributed by atoms with Crippen LogP contribution in [-0.2, 0) is 12.4 Å². The smallest absolute Gasteiger partial charge is 0.308 e. The molecule has 0 saturated carbocycles. The first-order valence-electron chi connectivity index (χ1n) is 16.2. The number of hydrogen-bond donors (Lipinski definition) is 0. The molecule has 0 N–H and O–H groups in total. The normalized spacial score (nSPS) is 12.6. The fraction of sp³-hybridized carbons (Fsp3) is 0.143. The standard InChI is InChI=1S/C42H30F6N2/c1-23-11-7-16-28-29-17-8-12-24(2)38(29)49(37(23)28)34-21-27(41(43,44)45)22-35(36(34)32-15-5-6-20-33(32)42(46,47)48)50-39-25(3)13-9-18-30(39)31-19-10-14-26(4)40(31)50/h5-22H,1-4H3. The van der Waals surface area contributed by atoms with Crippen molar-refractivity contribution in [1.29, 1.82) is 0 Å². The van der Waals surface area contributed by atoms with Gasteiger partial charge in [-0.25, -0.2) is 0 Å². The van der Waals surface area contributed by atoms with Crippen LogP contribution in [0.5, 0.6) is 0 Å². The molecule has 0 fully saturated rings. The Morgan fingerprint density at radius 1 is 0.420 bits per heavy atom. The highest BCUT2D eigenvalue weighted by Gasteiger charge is 2.38. The second-order valence-corrected chi connectivity index (χ2v) is 13.0. The van der Waals surface area contributed by atoms with Gasteiger partial charge in [0.15, 0.2) is 0 Å². The van der Waals surface area contributed by atoms with E-state index in [2.05, 4.69) is 0 Å². The van der Waals surface area contributed by atoms with Gasteiger partial charge in [0.25, 0.3) is 0 Å². The minimum Gasteiger partial charge on any atom is -0.308 e. The molecule has 0 atom stereocenters. The number of aromatic nitrogens is 2. The van der Waals surface area contributed by atoms with E-state index in [0.29, 0.717) is 22.1 Å². The van der Waals surface area contributed by atoms with Crippen LogP contribution in [0.25, 0.3) is 66.1 Å². The summed E-state index contributed by atoms with van der Waals surface area (Å²) in [6.07, 6.45) is -9.62. The van der Waals surface area contributed by atoms with E-state index in [4.69, 9.17) is 0 Å².